The molecule has 0 atom stereocenters. The van der Waals surface area contributed by atoms with Gasteiger partial charge in [-0.15, -0.1) is 0 Å². The monoisotopic (exact) mass is 384 g/mol. The average Bonchev–Trinajstić information content (AvgIpc) is 3.34. The zero-order valence-electron chi connectivity index (χ0n) is 17.6. The highest BCUT2D eigenvalue weighted by atomic mass is 16.2. The van der Waals surface area contributed by atoms with Crippen LogP contribution < -0.4 is 10.6 Å². The molecule has 2 fully saturated rings. The van der Waals surface area contributed by atoms with E-state index in [1.165, 1.54) is 43.2 Å². The van der Waals surface area contributed by atoms with Crippen molar-refractivity contribution < 1.29 is 4.79 Å². The Kier molecular flexibility index (Phi) is 7.35. The summed E-state index contributed by atoms with van der Waals surface area (Å²) in [4.78, 5) is 18.6. The van der Waals surface area contributed by atoms with E-state index >= 15 is 0 Å². The fourth-order valence-electron chi connectivity index (χ4n) is 4.48. The van der Waals surface area contributed by atoms with Gasteiger partial charge in [0.2, 0.25) is 5.91 Å². The molecule has 1 aliphatic carbocycles. The Bertz CT molecular complexity index is 679. The lowest BCUT2D eigenvalue weighted by Crippen LogP contribution is -2.42. The maximum atomic E-state index is 11.9. The molecule has 2 aliphatic rings. The summed E-state index contributed by atoms with van der Waals surface area (Å²) < 4.78 is 0. The van der Waals surface area contributed by atoms with Crippen molar-refractivity contribution in [3.8, 4) is 0 Å². The second kappa shape index (κ2) is 9.94. The van der Waals surface area contributed by atoms with Crippen LogP contribution in [0.25, 0.3) is 0 Å². The predicted octanol–water partition coefficient (Wildman–Crippen LogP) is 3.83. The van der Waals surface area contributed by atoms with Crippen LogP contribution in [0, 0.1) is 5.41 Å². The van der Waals surface area contributed by atoms with Gasteiger partial charge in [0.1, 0.15) is 0 Å². The Morgan fingerprint density at radius 1 is 1.14 bits per heavy atom. The topological polar surface area (TPSA) is 56.7 Å². The Labute approximate surface area is 170 Å². The molecule has 0 radical (unpaired) electrons. The standard InChI is InChI=1S/C23H36N4O/c1-3-23(12-5-6-13-23)18-26-22(24-4-2)25-16-19-9-7-10-20(15-19)17-27-14-8-11-21(27)28/h7,9-10,15H,3-6,8,11-14,16-18H2,1-2H3,(H2,24,25,26). The summed E-state index contributed by atoms with van der Waals surface area (Å²) in [6, 6.07) is 8.48. The molecule has 1 aromatic rings. The van der Waals surface area contributed by atoms with Gasteiger partial charge in [-0.3, -0.25) is 4.79 Å². The largest absolute Gasteiger partial charge is 0.357 e. The number of hydrogen-bond donors (Lipinski definition) is 2. The number of nitrogens with one attached hydrogen (secondary N) is 2. The minimum absolute atomic E-state index is 0.277. The number of hydrogen-bond acceptors (Lipinski definition) is 2. The molecule has 5 heteroatoms. The molecule has 3 rings (SSSR count). The third-order valence-electron chi connectivity index (χ3n) is 6.35. The number of nitrogens with zero attached hydrogens (tertiary/aromatic N) is 2. The van der Waals surface area contributed by atoms with E-state index in [0.717, 1.165) is 32.0 Å². The molecule has 1 aromatic carbocycles. The van der Waals surface area contributed by atoms with Gasteiger partial charge in [-0.25, -0.2) is 4.99 Å². The first-order valence-corrected chi connectivity index (χ1v) is 11.0. The molecular formula is C23H36N4O. The van der Waals surface area contributed by atoms with Crippen LogP contribution in [-0.4, -0.2) is 36.4 Å². The lowest BCUT2D eigenvalue weighted by Gasteiger charge is -2.28. The van der Waals surface area contributed by atoms with Gasteiger partial charge in [0, 0.05) is 32.6 Å². The van der Waals surface area contributed by atoms with E-state index in [1.807, 2.05) is 4.90 Å². The van der Waals surface area contributed by atoms with Crippen LogP contribution in [0.4, 0.5) is 0 Å². The fraction of sp³-hybridized carbons (Fsp3) is 0.652. The van der Waals surface area contributed by atoms with Gasteiger partial charge in [-0.1, -0.05) is 44.0 Å². The van der Waals surface area contributed by atoms with E-state index in [1.54, 1.807) is 0 Å². The van der Waals surface area contributed by atoms with Gasteiger partial charge in [0.15, 0.2) is 5.96 Å². The van der Waals surface area contributed by atoms with Crippen LogP contribution >= 0.6 is 0 Å². The van der Waals surface area contributed by atoms with Gasteiger partial charge in [0.05, 0.1) is 6.54 Å². The number of benzene rings is 1. The van der Waals surface area contributed by atoms with Gasteiger partial charge in [0.25, 0.3) is 0 Å². The molecule has 1 saturated heterocycles. The normalized spacial score (nSPS) is 19.3. The van der Waals surface area contributed by atoms with Gasteiger partial charge < -0.3 is 15.5 Å². The van der Waals surface area contributed by atoms with E-state index in [-0.39, 0.29) is 5.91 Å². The van der Waals surface area contributed by atoms with Gasteiger partial charge >= 0.3 is 0 Å². The number of rotatable bonds is 8. The lowest BCUT2D eigenvalue weighted by atomic mass is 9.83. The molecular weight excluding hydrogens is 348 g/mol. The number of guanidine groups is 1. The van der Waals surface area contributed by atoms with Crippen molar-refractivity contribution in [3.05, 3.63) is 35.4 Å². The van der Waals surface area contributed by atoms with Crippen molar-refractivity contribution in [2.24, 2.45) is 10.4 Å². The molecule has 0 bridgehead atoms. The van der Waals surface area contributed by atoms with Crippen molar-refractivity contribution in [1.29, 1.82) is 0 Å². The van der Waals surface area contributed by atoms with Gasteiger partial charge in [-0.05, 0) is 49.1 Å². The third kappa shape index (κ3) is 5.49. The molecule has 0 unspecified atom stereocenters. The molecule has 1 saturated carbocycles. The van der Waals surface area contributed by atoms with E-state index in [2.05, 4.69) is 48.7 Å². The summed E-state index contributed by atoms with van der Waals surface area (Å²) in [5, 5.41) is 6.97. The molecule has 0 aromatic heterocycles. The van der Waals surface area contributed by atoms with Crippen LogP contribution in [-0.2, 0) is 17.9 Å². The number of aliphatic imine (C=N–C) groups is 1. The van der Waals surface area contributed by atoms with E-state index < -0.39 is 0 Å². The molecule has 0 spiro atoms. The number of carbonyl (C=O) groups excluding carboxylic acids is 1. The van der Waals surface area contributed by atoms with Crippen molar-refractivity contribution in [2.75, 3.05) is 19.6 Å². The second-order valence-corrected chi connectivity index (χ2v) is 8.35. The first-order chi connectivity index (χ1) is 13.6. The second-order valence-electron chi connectivity index (χ2n) is 8.35. The van der Waals surface area contributed by atoms with Crippen molar-refractivity contribution >= 4 is 11.9 Å². The molecule has 5 nitrogen and oxygen atoms in total. The van der Waals surface area contributed by atoms with Crippen molar-refractivity contribution in [2.45, 2.75) is 71.9 Å². The predicted molar refractivity (Wildman–Crippen MR) is 115 cm³/mol. The van der Waals surface area contributed by atoms with Crippen LogP contribution in [0.3, 0.4) is 0 Å². The van der Waals surface area contributed by atoms with Gasteiger partial charge in [-0.2, -0.15) is 0 Å². The molecule has 154 valence electrons. The number of amides is 1. The summed E-state index contributed by atoms with van der Waals surface area (Å²) in [6.45, 7) is 8.54. The van der Waals surface area contributed by atoms with E-state index in [4.69, 9.17) is 4.99 Å². The van der Waals surface area contributed by atoms with Crippen LogP contribution in [0.2, 0.25) is 0 Å². The molecule has 28 heavy (non-hydrogen) atoms. The fourth-order valence-corrected chi connectivity index (χ4v) is 4.48. The minimum Gasteiger partial charge on any atom is -0.357 e. The quantitative estimate of drug-likeness (QED) is 0.529. The maximum Gasteiger partial charge on any atom is 0.222 e. The summed E-state index contributed by atoms with van der Waals surface area (Å²) >= 11 is 0. The maximum absolute atomic E-state index is 11.9. The van der Waals surface area contributed by atoms with E-state index in [9.17, 15) is 4.79 Å². The van der Waals surface area contributed by atoms with Crippen molar-refractivity contribution in [1.82, 2.24) is 15.5 Å². The third-order valence-corrected chi connectivity index (χ3v) is 6.35. The Morgan fingerprint density at radius 2 is 1.93 bits per heavy atom. The van der Waals surface area contributed by atoms with Crippen LogP contribution in [0.1, 0.15) is 69.9 Å². The summed E-state index contributed by atoms with van der Waals surface area (Å²) in [5.41, 5.74) is 2.82. The average molecular weight is 385 g/mol. The first kappa shape index (κ1) is 20.7. The van der Waals surface area contributed by atoms with E-state index in [0.29, 0.717) is 24.9 Å². The van der Waals surface area contributed by atoms with Crippen LogP contribution in [0.5, 0.6) is 0 Å². The minimum atomic E-state index is 0.277. The highest BCUT2D eigenvalue weighted by Gasteiger charge is 2.31. The molecule has 1 amide bonds. The molecule has 1 heterocycles. The lowest BCUT2D eigenvalue weighted by molar-refractivity contribution is -0.128. The van der Waals surface area contributed by atoms with Crippen molar-refractivity contribution in [3.63, 3.8) is 0 Å². The zero-order valence-corrected chi connectivity index (χ0v) is 17.6. The molecule has 2 N–H and O–H groups in total. The van der Waals surface area contributed by atoms with Crippen LogP contribution in [0.15, 0.2) is 29.3 Å². The Balaban J connectivity index is 1.59. The highest BCUT2D eigenvalue weighted by molar-refractivity contribution is 5.79. The zero-order chi connectivity index (χ0) is 19.8. The summed E-state index contributed by atoms with van der Waals surface area (Å²) in [5.74, 6) is 1.18. The summed E-state index contributed by atoms with van der Waals surface area (Å²) in [6.07, 6.45) is 8.28. The molecule has 1 aliphatic heterocycles. The SMILES string of the molecule is CCNC(=NCc1cccc(CN2CCCC2=O)c1)NCC1(CC)CCCC1. The summed E-state index contributed by atoms with van der Waals surface area (Å²) in [7, 11) is 0. The number of carbonyl (C=O) groups is 1. The highest BCUT2D eigenvalue weighted by Crippen LogP contribution is 2.40. The Morgan fingerprint density at radius 3 is 2.61 bits per heavy atom. The smallest absolute Gasteiger partial charge is 0.222 e. The Hall–Kier alpha value is -2.04. The number of likely N-dealkylation sites (tertiary alicyclic amines) is 1. The first-order valence-electron chi connectivity index (χ1n) is 11.0.